The number of aliphatic hydroxyl groups is 1. The highest BCUT2D eigenvalue weighted by molar-refractivity contribution is 6.47. The van der Waals surface area contributed by atoms with E-state index >= 15 is 0 Å². The molecule has 1 aromatic rings. The third-order valence-electron chi connectivity index (χ3n) is 3.31. The summed E-state index contributed by atoms with van der Waals surface area (Å²) in [5.41, 5.74) is -0.524. The van der Waals surface area contributed by atoms with Gasteiger partial charge in [-0.2, -0.15) is 5.26 Å². The highest BCUT2D eigenvalue weighted by Crippen LogP contribution is 2.24. The molecule has 0 saturated heterocycles. The van der Waals surface area contributed by atoms with E-state index in [2.05, 4.69) is 6.07 Å². The van der Waals surface area contributed by atoms with Gasteiger partial charge in [0.05, 0.1) is 23.9 Å². The molecule has 1 N–H and O–H groups in total. The van der Waals surface area contributed by atoms with Gasteiger partial charge in [0, 0.05) is 0 Å². The van der Waals surface area contributed by atoms with Gasteiger partial charge in [-0.1, -0.05) is 11.5 Å². The van der Waals surface area contributed by atoms with Crippen molar-refractivity contribution in [2.24, 2.45) is 0 Å². The fourth-order valence-electron chi connectivity index (χ4n) is 1.25. The molecular formula is C14H19BNO3. The lowest BCUT2D eigenvalue weighted by molar-refractivity contribution is -0.0893. The summed E-state index contributed by atoms with van der Waals surface area (Å²) in [5.74, 6) is 0.529. The molecule has 0 unspecified atom stereocenters. The van der Waals surface area contributed by atoms with Crippen LogP contribution in [0.15, 0.2) is 18.2 Å². The van der Waals surface area contributed by atoms with E-state index in [4.69, 9.17) is 14.7 Å². The maximum absolute atomic E-state index is 9.99. The Bertz CT molecular complexity index is 486. The molecule has 0 bridgehead atoms. The quantitative estimate of drug-likeness (QED) is 0.812. The molecule has 0 atom stereocenters. The van der Waals surface area contributed by atoms with Crippen molar-refractivity contribution in [2.45, 2.75) is 38.9 Å². The second-order valence-corrected chi connectivity index (χ2v) is 5.38. The van der Waals surface area contributed by atoms with Gasteiger partial charge in [-0.15, -0.1) is 0 Å². The molecule has 0 spiro atoms. The Morgan fingerprint density at radius 1 is 1.26 bits per heavy atom. The second-order valence-electron chi connectivity index (χ2n) is 5.38. The molecule has 1 aromatic carbocycles. The van der Waals surface area contributed by atoms with Crippen molar-refractivity contribution in [1.82, 2.24) is 0 Å². The van der Waals surface area contributed by atoms with E-state index in [1.54, 1.807) is 45.9 Å². The van der Waals surface area contributed by atoms with Crippen LogP contribution in [0.3, 0.4) is 0 Å². The van der Waals surface area contributed by atoms with E-state index in [0.29, 0.717) is 11.3 Å². The summed E-state index contributed by atoms with van der Waals surface area (Å²) < 4.78 is 10.7. The molecular weight excluding hydrogens is 241 g/mol. The van der Waals surface area contributed by atoms with E-state index in [9.17, 15) is 5.11 Å². The Morgan fingerprint density at radius 3 is 2.37 bits per heavy atom. The van der Waals surface area contributed by atoms with Crippen LogP contribution in [0.25, 0.3) is 0 Å². The lowest BCUT2D eigenvalue weighted by Crippen LogP contribution is -2.49. The van der Waals surface area contributed by atoms with E-state index in [0.717, 1.165) is 5.46 Å². The monoisotopic (exact) mass is 260 g/mol. The van der Waals surface area contributed by atoms with E-state index in [1.807, 2.05) is 0 Å². The number of hydrogen-bond donors (Lipinski definition) is 1. The minimum Gasteiger partial charge on any atom is -0.495 e. The standard InChI is InChI=1S/C14H19BNO3/c1-13(2,17)14(3,4)19-15-11-6-7-12(18-5)10(8-11)9-16/h6-8,17H,1-5H3. The van der Waals surface area contributed by atoms with E-state index in [1.165, 1.54) is 14.6 Å². The Balaban J connectivity index is 2.83. The van der Waals surface area contributed by atoms with Crippen LogP contribution >= 0.6 is 0 Å². The van der Waals surface area contributed by atoms with Gasteiger partial charge in [-0.05, 0) is 39.8 Å². The molecule has 1 rings (SSSR count). The summed E-state index contributed by atoms with van der Waals surface area (Å²) in [5, 5.41) is 19.0. The molecule has 0 saturated carbocycles. The number of rotatable bonds is 5. The van der Waals surface area contributed by atoms with Crippen molar-refractivity contribution < 1.29 is 14.5 Å². The number of ether oxygens (including phenoxy) is 1. The van der Waals surface area contributed by atoms with Gasteiger partial charge in [0.15, 0.2) is 0 Å². The molecule has 101 valence electrons. The topological polar surface area (TPSA) is 62.5 Å². The van der Waals surface area contributed by atoms with Crippen LogP contribution in [-0.4, -0.2) is 30.9 Å². The van der Waals surface area contributed by atoms with Crippen LogP contribution in [0.4, 0.5) is 0 Å². The number of benzene rings is 1. The number of nitriles is 1. The molecule has 1 radical (unpaired) electrons. The minimum atomic E-state index is -0.978. The predicted molar refractivity (Wildman–Crippen MR) is 74.6 cm³/mol. The normalized spacial score (nSPS) is 11.8. The first-order valence-corrected chi connectivity index (χ1v) is 6.03. The highest BCUT2D eigenvalue weighted by atomic mass is 16.5. The van der Waals surface area contributed by atoms with Crippen LogP contribution in [0.1, 0.15) is 33.3 Å². The average molecular weight is 260 g/mol. The Morgan fingerprint density at radius 2 is 1.89 bits per heavy atom. The molecule has 5 heteroatoms. The van der Waals surface area contributed by atoms with Gasteiger partial charge < -0.3 is 14.5 Å². The Kier molecular flexibility index (Phi) is 4.62. The smallest absolute Gasteiger partial charge is 0.330 e. The van der Waals surface area contributed by atoms with Crippen molar-refractivity contribution in [3.05, 3.63) is 23.8 Å². The zero-order valence-corrected chi connectivity index (χ0v) is 12.0. The van der Waals surface area contributed by atoms with Crippen molar-refractivity contribution in [3.63, 3.8) is 0 Å². The van der Waals surface area contributed by atoms with Crippen LogP contribution in [0.2, 0.25) is 0 Å². The summed E-state index contributed by atoms with van der Waals surface area (Å²) in [7, 11) is 3.06. The number of nitrogens with zero attached hydrogens (tertiary/aromatic N) is 1. The van der Waals surface area contributed by atoms with E-state index < -0.39 is 11.2 Å². The van der Waals surface area contributed by atoms with Gasteiger partial charge in [-0.3, -0.25) is 0 Å². The summed E-state index contributed by atoms with van der Waals surface area (Å²) in [6.45, 7) is 6.99. The lowest BCUT2D eigenvalue weighted by Gasteiger charge is -2.37. The molecule has 19 heavy (non-hydrogen) atoms. The lowest BCUT2D eigenvalue weighted by atomic mass is 9.82. The van der Waals surface area contributed by atoms with Crippen molar-refractivity contribution in [2.75, 3.05) is 7.11 Å². The molecule has 0 amide bonds. The zero-order valence-electron chi connectivity index (χ0n) is 12.0. The number of hydrogen-bond acceptors (Lipinski definition) is 4. The minimum absolute atomic E-state index is 0.445. The maximum Gasteiger partial charge on any atom is 0.330 e. The second kappa shape index (κ2) is 5.64. The van der Waals surface area contributed by atoms with Crippen molar-refractivity contribution in [1.29, 1.82) is 5.26 Å². The third-order valence-corrected chi connectivity index (χ3v) is 3.31. The van der Waals surface area contributed by atoms with Crippen LogP contribution in [-0.2, 0) is 4.65 Å². The first-order chi connectivity index (χ1) is 8.71. The largest absolute Gasteiger partial charge is 0.495 e. The SMILES string of the molecule is COc1ccc([B]OC(C)(C)C(C)(C)O)cc1C#N. The molecule has 0 aliphatic carbocycles. The molecule has 0 fully saturated rings. The average Bonchev–Trinajstić information content (AvgIpc) is 2.34. The first kappa shape index (κ1) is 15.6. The highest BCUT2D eigenvalue weighted by Gasteiger charge is 2.35. The number of methoxy groups -OCH3 is 1. The molecule has 0 aromatic heterocycles. The fraction of sp³-hybridized carbons (Fsp3) is 0.500. The maximum atomic E-state index is 9.99. The molecule has 0 heterocycles. The Labute approximate surface area is 115 Å². The zero-order chi connectivity index (χ0) is 14.7. The fourth-order valence-corrected chi connectivity index (χ4v) is 1.25. The van der Waals surface area contributed by atoms with E-state index in [-0.39, 0.29) is 0 Å². The van der Waals surface area contributed by atoms with Gasteiger partial charge >= 0.3 is 7.48 Å². The van der Waals surface area contributed by atoms with Gasteiger partial charge in [-0.25, -0.2) is 0 Å². The van der Waals surface area contributed by atoms with Crippen molar-refractivity contribution in [3.8, 4) is 11.8 Å². The van der Waals surface area contributed by atoms with Crippen LogP contribution < -0.4 is 10.2 Å². The Hall–Kier alpha value is -1.51. The summed E-state index contributed by atoms with van der Waals surface area (Å²) in [6, 6.07) is 7.25. The predicted octanol–water partition coefficient (Wildman–Crippen LogP) is 1.38. The molecule has 0 aliphatic heterocycles. The van der Waals surface area contributed by atoms with Crippen LogP contribution in [0.5, 0.6) is 5.75 Å². The summed E-state index contributed by atoms with van der Waals surface area (Å²) in [6.07, 6.45) is 0. The summed E-state index contributed by atoms with van der Waals surface area (Å²) >= 11 is 0. The van der Waals surface area contributed by atoms with Gasteiger partial charge in [0.25, 0.3) is 0 Å². The van der Waals surface area contributed by atoms with Gasteiger partial charge in [0.1, 0.15) is 11.8 Å². The van der Waals surface area contributed by atoms with Crippen molar-refractivity contribution >= 4 is 12.9 Å². The van der Waals surface area contributed by atoms with Crippen LogP contribution in [0, 0.1) is 11.3 Å². The summed E-state index contributed by atoms with van der Waals surface area (Å²) in [4.78, 5) is 0. The third kappa shape index (κ3) is 3.73. The molecule has 0 aliphatic rings. The first-order valence-electron chi connectivity index (χ1n) is 6.03. The molecule has 4 nitrogen and oxygen atoms in total. The van der Waals surface area contributed by atoms with Gasteiger partial charge in [0.2, 0.25) is 0 Å².